The standard InChI is InChI=1S/C15H15N9O2S/c1-9-18-10(8-12(19-9)23-27(2,25)26)14-15(20-11-5-7-16-22-11)21-13-4-3-6-17-24(13)14/h3-8H,1-2H3,(H2,16,20,22)(H,18,19,23). The molecule has 4 aromatic rings. The largest absolute Gasteiger partial charge is 0.322 e. The molecule has 0 saturated heterocycles. The molecule has 0 spiro atoms. The number of sulfonamides is 1. The summed E-state index contributed by atoms with van der Waals surface area (Å²) in [6, 6.07) is 6.85. The summed E-state index contributed by atoms with van der Waals surface area (Å²) in [5.74, 6) is 1.61. The van der Waals surface area contributed by atoms with Gasteiger partial charge in [0.05, 0.1) is 11.9 Å². The Bertz CT molecular complexity index is 1220. The average Bonchev–Trinajstić information content (AvgIpc) is 3.19. The number of hydrogen-bond acceptors (Lipinski definition) is 8. The van der Waals surface area contributed by atoms with E-state index in [9.17, 15) is 8.42 Å². The molecule has 3 N–H and O–H groups in total. The molecule has 12 heteroatoms. The Labute approximate surface area is 153 Å². The third-order valence-electron chi connectivity index (χ3n) is 3.51. The molecule has 0 bridgehead atoms. The van der Waals surface area contributed by atoms with Gasteiger partial charge in [-0.1, -0.05) is 0 Å². The molecule has 138 valence electrons. The van der Waals surface area contributed by atoms with Gasteiger partial charge in [-0.15, -0.1) is 0 Å². The van der Waals surface area contributed by atoms with E-state index < -0.39 is 10.0 Å². The Morgan fingerprint density at radius 3 is 2.74 bits per heavy atom. The van der Waals surface area contributed by atoms with E-state index >= 15 is 0 Å². The molecule has 4 rings (SSSR count). The summed E-state index contributed by atoms with van der Waals surface area (Å²) in [5, 5.41) is 14.2. The van der Waals surface area contributed by atoms with Crippen LogP contribution >= 0.6 is 0 Å². The number of fused-ring (bicyclic) bond motifs is 1. The number of aromatic amines is 1. The molecule has 0 aliphatic heterocycles. The first kappa shape index (κ1) is 16.9. The normalized spacial score (nSPS) is 11.6. The molecule has 0 aromatic carbocycles. The van der Waals surface area contributed by atoms with E-state index in [1.165, 1.54) is 6.07 Å². The van der Waals surface area contributed by atoms with Crippen LogP contribution in [0.4, 0.5) is 17.5 Å². The lowest BCUT2D eigenvalue weighted by atomic mass is 10.3. The first-order valence-corrected chi connectivity index (χ1v) is 9.72. The van der Waals surface area contributed by atoms with Crippen molar-refractivity contribution in [1.82, 2.24) is 34.8 Å². The van der Waals surface area contributed by atoms with Crippen molar-refractivity contribution in [3.05, 3.63) is 42.5 Å². The topological polar surface area (TPSA) is 143 Å². The van der Waals surface area contributed by atoms with Gasteiger partial charge in [0.15, 0.2) is 17.3 Å². The summed E-state index contributed by atoms with van der Waals surface area (Å²) in [4.78, 5) is 13.1. The van der Waals surface area contributed by atoms with Gasteiger partial charge in [0.1, 0.15) is 17.3 Å². The van der Waals surface area contributed by atoms with Crippen LogP contribution in [0, 0.1) is 6.92 Å². The van der Waals surface area contributed by atoms with Crippen LogP contribution < -0.4 is 10.0 Å². The molecular weight excluding hydrogens is 370 g/mol. The van der Waals surface area contributed by atoms with E-state index in [0.717, 1.165) is 6.26 Å². The van der Waals surface area contributed by atoms with Crippen molar-refractivity contribution in [2.24, 2.45) is 0 Å². The van der Waals surface area contributed by atoms with E-state index in [-0.39, 0.29) is 5.82 Å². The first-order chi connectivity index (χ1) is 12.9. The number of imidazole rings is 1. The Morgan fingerprint density at radius 2 is 2.00 bits per heavy atom. The number of aromatic nitrogens is 7. The fourth-order valence-corrected chi connectivity index (χ4v) is 3.07. The summed E-state index contributed by atoms with van der Waals surface area (Å²) in [6.07, 6.45) is 4.36. The molecule has 0 unspecified atom stereocenters. The zero-order valence-electron chi connectivity index (χ0n) is 14.4. The highest BCUT2D eigenvalue weighted by molar-refractivity contribution is 7.92. The van der Waals surface area contributed by atoms with Crippen molar-refractivity contribution < 1.29 is 8.42 Å². The van der Waals surface area contributed by atoms with Gasteiger partial charge in [-0.25, -0.2) is 27.9 Å². The fourth-order valence-electron chi connectivity index (χ4n) is 2.59. The number of H-pyrrole nitrogens is 1. The van der Waals surface area contributed by atoms with Gasteiger partial charge in [0.2, 0.25) is 10.0 Å². The first-order valence-electron chi connectivity index (χ1n) is 7.83. The summed E-state index contributed by atoms with van der Waals surface area (Å²) in [5.41, 5.74) is 1.60. The second-order valence-electron chi connectivity index (χ2n) is 5.75. The third kappa shape index (κ3) is 3.55. The monoisotopic (exact) mass is 385 g/mol. The number of nitrogens with zero attached hydrogens (tertiary/aromatic N) is 6. The van der Waals surface area contributed by atoms with Crippen LogP contribution in [0.2, 0.25) is 0 Å². The van der Waals surface area contributed by atoms with Crippen molar-refractivity contribution in [3.63, 3.8) is 0 Å². The zero-order valence-corrected chi connectivity index (χ0v) is 15.2. The van der Waals surface area contributed by atoms with Gasteiger partial charge in [0.25, 0.3) is 0 Å². The third-order valence-corrected chi connectivity index (χ3v) is 4.09. The van der Waals surface area contributed by atoms with Crippen LogP contribution in [-0.2, 0) is 10.0 Å². The summed E-state index contributed by atoms with van der Waals surface area (Å²) < 4.78 is 27.1. The van der Waals surface area contributed by atoms with Crippen LogP contribution in [0.15, 0.2) is 36.7 Å². The Morgan fingerprint density at radius 1 is 1.15 bits per heavy atom. The molecule has 4 heterocycles. The minimum atomic E-state index is -3.48. The van der Waals surface area contributed by atoms with Gasteiger partial charge in [0, 0.05) is 24.5 Å². The van der Waals surface area contributed by atoms with Crippen LogP contribution in [0.1, 0.15) is 5.82 Å². The van der Waals surface area contributed by atoms with Crippen LogP contribution in [0.3, 0.4) is 0 Å². The quantitative estimate of drug-likeness (QED) is 0.467. The van der Waals surface area contributed by atoms with E-state index in [4.69, 9.17) is 0 Å². The Kier molecular flexibility index (Phi) is 3.96. The highest BCUT2D eigenvalue weighted by Gasteiger charge is 2.19. The summed E-state index contributed by atoms with van der Waals surface area (Å²) >= 11 is 0. The van der Waals surface area contributed by atoms with Gasteiger partial charge < -0.3 is 5.32 Å². The molecule has 4 aromatic heterocycles. The van der Waals surface area contributed by atoms with Crippen LogP contribution in [-0.4, -0.2) is 49.4 Å². The molecule has 0 radical (unpaired) electrons. The lowest BCUT2D eigenvalue weighted by Crippen LogP contribution is -2.12. The second-order valence-corrected chi connectivity index (χ2v) is 7.50. The molecule has 0 aliphatic carbocycles. The molecule has 11 nitrogen and oxygen atoms in total. The maximum absolute atomic E-state index is 11.6. The van der Waals surface area contributed by atoms with Gasteiger partial charge in [-0.2, -0.15) is 10.2 Å². The number of aryl methyl sites for hydroxylation is 1. The van der Waals surface area contributed by atoms with Crippen molar-refractivity contribution in [2.75, 3.05) is 16.3 Å². The molecule has 0 amide bonds. The van der Waals surface area contributed by atoms with Crippen molar-refractivity contribution in [1.29, 1.82) is 0 Å². The molecule has 0 aliphatic rings. The average molecular weight is 385 g/mol. The second kappa shape index (κ2) is 6.32. The predicted octanol–water partition coefficient (Wildman–Crippen LogP) is 1.33. The molecule has 27 heavy (non-hydrogen) atoms. The minimum absolute atomic E-state index is 0.164. The van der Waals surface area contributed by atoms with Crippen LogP contribution in [0.5, 0.6) is 0 Å². The lowest BCUT2D eigenvalue weighted by molar-refractivity contribution is 0.606. The summed E-state index contributed by atoms with van der Waals surface area (Å²) in [7, 11) is -3.48. The van der Waals surface area contributed by atoms with E-state index in [1.807, 2.05) is 0 Å². The van der Waals surface area contributed by atoms with Gasteiger partial charge in [-0.3, -0.25) is 9.82 Å². The van der Waals surface area contributed by atoms with E-state index in [2.05, 4.69) is 40.3 Å². The van der Waals surface area contributed by atoms with Crippen LogP contribution in [0.25, 0.3) is 17.0 Å². The number of hydrogen-bond donors (Lipinski definition) is 3. The predicted molar refractivity (Wildman–Crippen MR) is 99.1 cm³/mol. The minimum Gasteiger partial charge on any atom is -0.322 e. The molecule has 0 atom stereocenters. The highest BCUT2D eigenvalue weighted by atomic mass is 32.2. The summed E-state index contributed by atoms with van der Waals surface area (Å²) in [6.45, 7) is 1.68. The lowest BCUT2D eigenvalue weighted by Gasteiger charge is -2.08. The SMILES string of the molecule is Cc1nc(NS(C)(=O)=O)cc(-c2c(Nc3cc[nH]n3)nc3cccnn23)n1. The molecular formula is C15H15N9O2S. The highest BCUT2D eigenvalue weighted by Crippen LogP contribution is 2.30. The number of anilines is 3. The molecule has 0 saturated carbocycles. The maximum atomic E-state index is 11.6. The fraction of sp³-hybridized carbons (Fsp3) is 0.133. The molecule has 0 fully saturated rings. The van der Waals surface area contributed by atoms with Crippen molar-refractivity contribution in [2.45, 2.75) is 6.92 Å². The van der Waals surface area contributed by atoms with Gasteiger partial charge in [-0.05, 0) is 19.1 Å². The van der Waals surface area contributed by atoms with Crippen molar-refractivity contribution >= 4 is 33.1 Å². The zero-order chi connectivity index (χ0) is 19.0. The number of nitrogens with one attached hydrogen (secondary N) is 3. The van der Waals surface area contributed by atoms with E-state index in [1.54, 1.807) is 42.0 Å². The van der Waals surface area contributed by atoms with Gasteiger partial charge >= 0.3 is 0 Å². The maximum Gasteiger partial charge on any atom is 0.230 e. The Hall–Kier alpha value is -3.54. The number of rotatable bonds is 5. The Balaban J connectivity index is 1.90. The smallest absolute Gasteiger partial charge is 0.230 e. The van der Waals surface area contributed by atoms with E-state index in [0.29, 0.717) is 34.5 Å². The van der Waals surface area contributed by atoms with Crippen molar-refractivity contribution in [3.8, 4) is 11.4 Å².